The van der Waals surface area contributed by atoms with Gasteiger partial charge in [0.05, 0.1) is 5.92 Å². The van der Waals surface area contributed by atoms with Crippen LogP contribution in [0.5, 0.6) is 0 Å². The van der Waals surface area contributed by atoms with Crippen molar-refractivity contribution < 1.29 is 4.79 Å². The van der Waals surface area contributed by atoms with Gasteiger partial charge in [-0.3, -0.25) is 0 Å². The molecule has 0 saturated carbocycles. The van der Waals surface area contributed by atoms with Crippen molar-refractivity contribution in [3.05, 3.63) is 59.7 Å². The van der Waals surface area contributed by atoms with Gasteiger partial charge in [-0.2, -0.15) is 0 Å². The number of carbonyl (C=O) groups excluding carboxylic acids is 1. The van der Waals surface area contributed by atoms with Crippen LogP contribution in [-0.2, 0) is 4.79 Å². The van der Waals surface area contributed by atoms with E-state index in [0.717, 1.165) is 17.4 Å². The van der Waals surface area contributed by atoms with Crippen LogP contribution in [0.25, 0.3) is 0 Å². The van der Waals surface area contributed by atoms with Crippen LogP contribution in [0.15, 0.2) is 58.3 Å². The fourth-order valence-corrected chi connectivity index (χ4v) is 3.25. The molecule has 1 aliphatic heterocycles. The van der Waals surface area contributed by atoms with Crippen LogP contribution >= 0.6 is 11.8 Å². The van der Waals surface area contributed by atoms with E-state index in [1.165, 1.54) is 9.79 Å². The van der Waals surface area contributed by atoms with Gasteiger partial charge in [-0.25, -0.2) is 0 Å². The molecule has 2 aromatic rings. The molecule has 0 saturated heterocycles. The molecular weight excluding hydrogens is 216 g/mol. The van der Waals surface area contributed by atoms with Crippen molar-refractivity contribution >= 4 is 18.0 Å². The van der Waals surface area contributed by atoms with Gasteiger partial charge in [-0.05, 0) is 23.3 Å². The minimum Gasteiger partial charge on any atom is -0.302 e. The summed E-state index contributed by atoms with van der Waals surface area (Å²) in [6, 6.07) is 16.2. The molecular formula is C14H10OS. The Morgan fingerprint density at radius 3 is 1.88 bits per heavy atom. The second kappa shape index (κ2) is 3.80. The Balaban J connectivity index is 2.23. The predicted molar refractivity (Wildman–Crippen MR) is 64.9 cm³/mol. The number of fused-ring (bicyclic) bond motifs is 2. The van der Waals surface area contributed by atoms with Crippen LogP contribution < -0.4 is 0 Å². The molecule has 0 radical (unpaired) electrons. The van der Waals surface area contributed by atoms with Gasteiger partial charge >= 0.3 is 0 Å². The van der Waals surface area contributed by atoms with Crippen molar-refractivity contribution in [2.24, 2.45) is 0 Å². The summed E-state index contributed by atoms with van der Waals surface area (Å²) in [7, 11) is 0. The lowest BCUT2D eigenvalue weighted by atomic mass is 9.92. The lowest BCUT2D eigenvalue weighted by Crippen LogP contribution is -2.09. The molecule has 0 amide bonds. The van der Waals surface area contributed by atoms with Crippen molar-refractivity contribution in [3.63, 3.8) is 0 Å². The molecule has 0 aliphatic carbocycles. The molecule has 0 spiro atoms. The fourth-order valence-electron chi connectivity index (χ4n) is 2.09. The van der Waals surface area contributed by atoms with Gasteiger partial charge in [0.25, 0.3) is 0 Å². The van der Waals surface area contributed by atoms with Crippen LogP contribution in [0.4, 0.5) is 0 Å². The van der Waals surface area contributed by atoms with Crippen molar-refractivity contribution in [2.45, 2.75) is 15.7 Å². The molecule has 3 rings (SSSR count). The van der Waals surface area contributed by atoms with E-state index >= 15 is 0 Å². The van der Waals surface area contributed by atoms with Crippen molar-refractivity contribution in [2.75, 3.05) is 0 Å². The number of hydrogen-bond acceptors (Lipinski definition) is 2. The number of benzene rings is 2. The first kappa shape index (κ1) is 9.67. The lowest BCUT2D eigenvalue weighted by molar-refractivity contribution is -0.108. The molecule has 0 fully saturated rings. The molecule has 0 atom stereocenters. The zero-order valence-corrected chi connectivity index (χ0v) is 9.41. The van der Waals surface area contributed by atoms with E-state index in [0.29, 0.717) is 0 Å². The molecule has 16 heavy (non-hydrogen) atoms. The lowest BCUT2D eigenvalue weighted by Gasteiger charge is -2.23. The molecule has 0 aromatic heterocycles. The topological polar surface area (TPSA) is 17.1 Å². The highest BCUT2D eigenvalue weighted by molar-refractivity contribution is 7.99. The van der Waals surface area contributed by atoms with Crippen LogP contribution in [0.1, 0.15) is 17.0 Å². The average Bonchev–Trinajstić information content (AvgIpc) is 2.36. The Kier molecular flexibility index (Phi) is 2.29. The van der Waals surface area contributed by atoms with E-state index in [1.807, 2.05) is 36.4 Å². The largest absolute Gasteiger partial charge is 0.302 e. The number of carbonyl (C=O) groups is 1. The summed E-state index contributed by atoms with van der Waals surface area (Å²) in [5.41, 5.74) is 2.25. The third-order valence-corrected chi connectivity index (χ3v) is 4.05. The van der Waals surface area contributed by atoms with Gasteiger partial charge in [-0.15, -0.1) is 0 Å². The van der Waals surface area contributed by atoms with Gasteiger partial charge in [-0.1, -0.05) is 48.2 Å². The highest BCUT2D eigenvalue weighted by Crippen LogP contribution is 2.44. The number of rotatable bonds is 1. The van der Waals surface area contributed by atoms with E-state index in [9.17, 15) is 4.79 Å². The standard InChI is InChI=1S/C14H10OS/c15-9-12-10-5-1-3-7-13(10)16-14-8-4-2-6-11(12)14/h1-9,12H. The first-order valence-electron chi connectivity index (χ1n) is 5.21. The third kappa shape index (κ3) is 1.38. The fraction of sp³-hybridized carbons (Fsp3) is 0.0714. The van der Waals surface area contributed by atoms with Gasteiger partial charge < -0.3 is 4.79 Å². The highest BCUT2D eigenvalue weighted by atomic mass is 32.2. The SMILES string of the molecule is O=CC1c2ccccc2Sc2ccccc21. The highest BCUT2D eigenvalue weighted by Gasteiger charge is 2.24. The maximum absolute atomic E-state index is 11.3. The zero-order valence-electron chi connectivity index (χ0n) is 8.59. The van der Waals surface area contributed by atoms with Crippen LogP contribution in [-0.4, -0.2) is 6.29 Å². The van der Waals surface area contributed by atoms with Gasteiger partial charge in [0.1, 0.15) is 6.29 Å². The Morgan fingerprint density at radius 1 is 0.875 bits per heavy atom. The average molecular weight is 226 g/mol. The van der Waals surface area contributed by atoms with E-state index < -0.39 is 0 Å². The van der Waals surface area contributed by atoms with Gasteiger partial charge in [0.15, 0.2) is 0 Å². The van der Waals surface area contributed by atoms with Crippen molar-refractivity contribution in [1.82, 2.24) is 0 Å². The first-order chi connectivity index (χ1) is 7.90. The summed E-state index contributed by atoms with van der Waals surface area (Å²) in [5, 5.41) is 0. The van der Waals surface area contributed by atoms with E-state index in [4.69, 9.17) is 0 Å². The first-order valence-corrected chi connectivity index (χ1v) is 6.03. The maximum atomic E-state index is 11.3. The molecule has 0 bridgehead atoms. The predicted octanol–water partition coefficient (Wildman–Crippen LogP) is 3.48. The third-order valence-electron chi connectivity index (χ3n) is 2.86. The quantitative estimate of drug-likeness (QED) is 0.692. The Bertz CT molecular complexity index is 502. The Morgan fingerprint density at radius 2 is 1.38 bits per heavy atom. The van der Waals surface area contributed by atoms with Crippen LogP contribution in [0.2, 0.25) is 0 Å². The minimum atomic E-state index is -0.103. The number of hydrogen-bond donors (Lipinski definition) is 0. The summed E-state index contributed by atoms with van der Waals surface area (Å²) < 4.78 is 0. The maximum Gasteiger partial charge on any atom is 0.131 e. The van der Waals surface area contributed by atoms with Crippen molar-refractivity contribution in [3.8, 4) is 0 Å². The van der Waals surface area contributed by atoms with Crippen LogP contribution in [0, 0.1) is 0 Å². The van der Waals surface area contributed by atoms with E-state index in [-0.39, 0.29) is 5.92 Å². The summed E-state index contributed by atoms with van der Waals surface area (Å²) in [5.74, 6) is -0.103. The smallest absolute Gasteiger partial charge is 0.131 e. The van der Waals surface area contributed by atoms with E-state index in [1.54, 1.807) is 11.8 Å². The van der Waals surface area contributed by atoms with Crippen molar-refractivity contribution in [1.29, 1.82) is 0 Å². The molecule has 1 nitrogen and oxygen atoms in total. The molecule has 1 aliphatic rings. The van der Waals surface area contributed by atoms with Gasteiger partial charge in [0, 0.05) is 9.79 Å². The molecule has 1 heterocycles. The molecule has 2 heteroatoms. The molecule has 0 N–H and O–H groups in total. The minimum absolute atomic E-state index is 0.103. The molecule has 78 valence electrons. The number of aldehydes is 1. The Hall–Kier alpha value is -1.54. The zero-order chi connectivity index (χ0) is 11.0. The molecule has 2 aromatic carbocycles. The second-order valence-electron chi connectivity index (χ2n) is 3.79. The second-order valence-corrected chi connectivity index (χ2v) is 4.88. The summed E-state index contributed by atoms with van der Waals surface area (Å²) >= 11 is 1.74. The van der Waals surface area contributed by atoms with E-state index in [2.05, 4.69) is 12.1 Å². The monoisotopic (exact) mass is 226 g/mol. The summed E-state index contributed by atoms with van der Waals surface area (Å²) in [6.07, 6.45) is 1.04. The Labute approximate surface area is 98.5 Å². The molecule has 0 unspecified atom stereocenters. The van der Waals surface area contributed by atoms with Gasteiger partial charge in [0.2, 0.25) is 0 Å². The summed E-state index contributed by atoms with van der Waals surface area (Å²) in [4.78, 5) is 13.7. The normalized spacial score (nSPS) is 14.0. The summed E-state index contributed by atoms with van der Waals surface area (Å²) in [6.45, 7) is 0. The van der Waals surface area contributed by atoms with Crippen LogP contribution in [0.3, 0.4) is 0 Å².